The van der Waals surface area contributed by atoms with Gasteiger partial charge in [0.1, 0.15) is 34.8 Å². The number of methoxy groups -OCH3 is 1. The number of aryl methyl sites for hydroxylation is 1. The van der Waals surface area contributed by atoms with Crippen molar-refractivity contribution in [3.63, 3.8) is 0 Å². The Morgan fingerprint density at radius 1 is 1.15 bits per heavy atom. The summed E-state index contributed by atoms with van der Waals surface area (Å²) in [6.45, 7) is 4.52. The molecule has 1 aromatic heterocycles. The molecule has 8 heteroatoms. The zero-order valence-corrected chi connectivity index (χ0v) is 21.9. The van der Waals surface area contributed by atoms with E-state index in [-0.39, 0.29) is 17.5 Å². The van der Waals surface area contributed by atoms with E-state index in [0.717, 1.165) is 45.3 Å². The topological polar surface area (TPSA) is 75.7 Å². The molecule has 3 aromatic rings. The van der Waals surface area contributed by atoms with Crippen LogP contribution in [0, 0.1) is 0 Å². The zero-order chi connectivity index (χ0) is 23.9. The van der Waals surface area contributed by atoms with Crippen LogP contribution in [0.25, 0.3) is 10.9 Å². The first-order chi connectivity index (χ1) is 16.3. The van der Waals surface area contributed by atoms with E-state index in [0.29, 0.717) is 12.3 Å². The van der Waals surface area contributed by atoms with Gasteiger partial charge in [0.05, 0.1) is 17.1 Å². The van der Waals surface area contributed by atoms with Crippen molar-refractivity contribution in [1.29, 1.82) is 0 Å². The van der Waals surface area contributed by atoms with Gasteiger partial charge < -0.3 is 24.1 Å². The van der Waals surface area contributed by atoms with Crippen molar-refractivity contribution in [2.75, 3.05) is 18.2 Å². The SMILES string of the molecule is COc1ccc(CNc2nc3cc(CC[C@@H]4[C@H]5OC(C)(C)O[C@H]5C[S+]4[O-])ccc3cc2Br)cc1. The van der Waals surface area contributed by atoms with E-state index < -0.39 is 17.0 Å². The molecule has 0 amide bonds. The van der Waals surface area contributed by atoms with Crippen LogP contribution in [0.3, 0.4) is 0 Å². The Kier molecular flexibility index (Phi) is 6.79. The molecule has 0 aliphatic carbocycles. The second-order valence-electron chi connectivity index (χ2n) is 9.31. The Morgan fingerprint density at radius 2 is 1.91 bits per heavy atom. The van der Waals surface area contributed by atoms with Gasteiger partial charge in [-0.1, -0.05) is 24.3 Å². The van der Waals surface area contributed by atoms with Crippen molar-refractivity contribution in [3.8, 4) is 5.75 Å². The van der Waals surface area contributed by atoms with E-state index in [1.165, 1.54) is 5.56 Å². The highest BCUT2D eigenvalue weighted by molar-refractivity contribution is 9.10. The monoisotopic (exact) mass is 544 g/mol. The fourth-order valence-electron chi connectivity index (χ4n) is 4.74. The molecule has 1 unspecified atom stereocenters. The van der Waals surface area contributed by atoms with Crippen molar-refractivity contribution in [2.45, 2.75) is 56.5 Å². The van der Waals surface area contributed by atoms with Crippen LogP contribution in [0.4, 0.5) is 5.82 Å². The minimum absolute atomic E-state index is 0.00192. The number of hydrogen-bond donors (Lipinski definition) is 1. The van der Waals surface area contributed by atoms with Crippen LogP contribution in [0.2, 0.25) is 0 Å². The van der Waals surface area contributed by atoms with Gasteiger partial charge in [-0.25, -0.2) is 4.98 Å². The first-order valence-electron chi connectivity index (χ1n) is 11.5. The number of nitrogens with one attached hydrogen (secondary N) is 1. The highest BCUT2D eigenvalue weighted by atomic mass is 79.9. The first kappa shape index (κ1) is 23.9. The van der Waals surface area contributed by atoms with Gasteiger partial charge in [0.25, 0.3) is 0 Å². The molecule has 0 radical (unpaired) electrons. The molecule has 2 fully saturated rings. The highest BCUT2D eigenvalue weighted by Crippen LogP contribution is 2.39. The first-order valence-corrected chi connectivity index (χ1v) is 13.7. The quantitative estimate of drug-likeness (QED) is 0.412. The number of anilines is 1. The minimum Gasteiger partial charge on any atom is -0.616 e. The van der Waals surface area contributed by atoms with Gasteiger partial charge in [0.2, 0.25) is 0 Å². The predicted molar refractivity (Wildman–Crippen MR) is 139 cm³/mol. The maximum atomic E-state index is 12.7. The summed E-state index contributed by atoms with van der Waals surface area (Å²) in [4.78, 5) is 4.86. The third-order valence-corrected chi connectivity index (χ3v) is 8.87. The fraction of sp³-hybridized carbons (Fsp3) is 0.423. The molecule has 0 spiro atoms. The Morgan fingerprint density at radius 3 is 2.68 bits per heavy atom. The predicted octanol–water partition coefficient (Wildman–Crippen LogP) is 5.20. The zero-order valence-electron chi connectivity index (χ0n) is 19.5. The molecule has 34 heavy (non-hydrogen) atoms. The maximum Gasteiger partial charge on any atom is 0.164 e. The average Bonchev–Trinajstić information content (AvgIpc) is 3.26. The van der Waals surface area contributed by atoms with Gasteiger partial charge in [0, 0.05) is 18.4 Å². The smallest absolute Gasteiger partial charge is 0.164 e. The van der Waals surface area contributed by atoms with Crippen LogP contribution in [0.1, 0.15) is 31.4 Å². The van der Waals surface area contributed by atoms with Crippen molar-refractivity contribution in [2.24, 2.45) is 0 Å². The lowest BCUT2D eigenvalue weighted by Gasteiger charge is -2.23. The molecule has 4 atom stereocenters. The van der Waals surface area contributed by atoms with Gasteiger partial charge in [-0.3, -0.25) is 0 Å². The molecule has 1 N–H and O–H groups in total. The molecular formula is C26H29BrN2O4S. The second kappa shape index (κ2) is 9.66. The lowest BCUT2D eigenvalue weighted by Crippen LogP contribution is -2.32. The fourth-order valence-corrected chi connectivity index (χ4v) is 6.96. The lowest BCUT2D eigenvalue weighted by molar-refractivity contribution is -0.146. The molecule has 6 nitrogen and oxygen atoms in total. The number of nitrogens with zero attached hydrogens (tertiary/aromatic N) is 1. The number of halogens is 1. The van der Waals surface area contributed by atoms with Crippen LogP contribution in [0.15, 0.2) is 53.0 Å². The van der Waals surface area contributed by atoms with Crippen molar-refractivity contribution >= 4 is 43.8 Å². The number of fused-ring (bicyclic) bond motifs is 2. The van der Waals surface area contributed by atoms with Gasteiger partial charge >= 0.3 is 0 Å². The number of rotatable bonds is 7. The van der Waals surface area contributed by atoms with Crippen LogP contribution in [-0.4, -0.2) is 45.6 Å². The second-order valence-corrected chi connectivity index (χ2v) is 11.9. The van der Waals surface area contributed by atoms with Gasteiger partial charge in [-0.15, -0.1) is 0 Å². The number of ether oxygens (including phenoxy) is 3. The molecule has 2 aliphatic rings. The summed E-state index contributed by atoms with van der Waals surface area (Å²) >= 11 is 2.72. The van der Waals surface area contributed by atoms with Crippen LogP contribution < -0.4 is 10.1 Å². The number of pyridine rings is 1. The molecule has 2 aromatic carbocycles. The molecular weight excluding hydrogens is 516 g/mol. The molecule has 2 aliphatic heterocycles. The van der Waals surface area contributed by atoms with Crippen LogP contribution >= 0.6 is 15.9 Å². The molecule has 180 valence electrons. The third-order valence-electron chi connectivity index (χ3n) is 6.43. The van der Waals surface area contributed by atoms with E-state index >= 15 is 0 Å². The summed E-state index contributed by atoms with van der Waals surface area (Å²) in [5.41, 5.74) is 3.26. The standard InChI is InChI=1S/C26H29BrN2O4S/c1-26(2)32-22-15-34(30)23(24(22)33-26)11-7-16-4-8-18-13-20(27)25(29-21(18)12-16)28-14-17-5-9-19(31-3)10-6-17/h4-6,8-10,12-13,22-24H,7,11,14-15H2,1-3H3,(H,28,29)/t22-,23+,24-,34?/m0/s1. The van der Waals surface area contributed by atoms with Crippen LogP contribution in [0.5, 0.6) is 5.75 Å². The average molecular weight is 545 g/mol. The molecule has 0 bridgehead atoms. The molecule has 5 rings (SSSR count). The highest BCUT2D eigenvalue weighted by Gasteiger charge is 2.56. The summed E-state index contributed by atoms with van der Waals surface area (Å²) in [6, 6.07) is 16.4. The summed E-state index contributed by atoms with van der Waals surface area (Å²) < 4.78 is 30.8. The summed E-state index contributed by atoms with van der Waals surface area (Å²) in [5.74, 6) is 1.62. The van der Waals surface area contributed by atoms with E-state index in [2.05, 4.69) is 45.5 Å². The number of hydrogen-bond acceptors (Lipinski definition) is 6. The van der Waals surface area contributed by atoms with Gasteiger partial charge in [0.15, 0.2) is 5.79 Å². The number of benzene rings is 2. The molecule has 2 saturated heterocycles. The Labute approximate surface area is 211 Å². The molecule has 0 saturated carbocycles. The summed E-state index contributed by atoms with van der Waals surface area (Å²) in [5, 5.41) is 4.50. The lowest BCUT2D eigenvalue weighted by atomic mass is 10.0. The summed E-state index contributed by atoms with van der Waals surface area (Å²) in [6.07, 6.45) is 1.48. The van der Waals surface area contributed by atoms with E-state index in [9.17, 15) is 4.55 Å². The van der Waals surface area contributed by atoms with E-state index in [1.54, 1.807) is 7.11 Å². The van der Waals surface area contributed by atoms with Crippen molar-refractivity contribution in [3.05, 3.63) is 64.1 Å². The maximum absolute atomic E-state index is 12.7. The minimum atomic E-state index is -0.923. The van der Waals surface area contributed by atoms with Gasteiger partial charge in [-0.05, 0) is 82.8 Å². The number of aromatic nitrogens is 1. The Hall–Kier alpha value is -1.84. The van der Waals surface area contributed by atoms with Crippen LogP contribution in [-0.2, 0) is 33.6 Å². The van der Waals surface area contributed by atoms with E-state index in [1.807, 2.05) is 38.1 Å². The Balaban J connectivity index is 1.27. The third kappa shape index (κ3) is 5.06. The van der Waals surface area contributed by atoms with Crippen molar-refractivity contribution in [1.82, 2.24) is 4.98 Å². The van der Waals surface area contributed by atoms with Crippen molar-refractivity contribution < 1.29 is 18.8 Å². The van der Waals surface area contributed by atoms with E-state index in [4.69, 9.17) is 19.2 Å². The normalized spacial score (nSPS) is 25.4. The largest absolute Gasteiger partial charge is 0.616 e. The molecule has 3 heterocycles. The Bertz CT molecular complexity index is 1170. The summed E-state index contributed by atoms with van der Waals surface area (Å²) in [7, 11) is 1.67. The van der Waals surface area contributed by atoms with Gasteiger partial charge in [-0.2, -0.15) is 0 Å².